The third kappa shape index (κ3) is 7.50. The van der Waals surface area contributed by atoms with Gasteiger partial charge in [0.1, 0.15) is 6.10 Å². The van der Waals surface area contributed by atoms with E-state index in [1.54, 1.807) is 72.8 Å². The molecule has 0 heterocycles. The van der Waals surface area contributed by atoms with Crippen LogP contribution in [0.1, 0.15) is 42.7 Å². The van der Waals surface area contributed by atoms with Gasteiger partial charge in [-0.15, -0.1) is 0 Å². The molecule has 0 saturated heterocycles. The molecule has 0 amide bonds. The van der Waals surface area contributed by atoms with Crippen molar-refractivity contribution in [2.45, 2.75) is 6.10 Å². The zero-order chi connectivity index (χ0) is 26.2. The second-order valence-corrected chi connectivity index (χ2v) is 9.24. The number of benzene rings is 4. The average molecular weight is 560 g/mol. The second kappa shape index (κ2) is 12.8. The molecular formula is C28H18Cl4O4. The highest BCUT2D eigenvalue weighted by Gasteiger charge is 2.19. The zero-order valence-corrected chi connectivity index (χ0v) is 21.5. The Balaban J connectivity index is 0.000000201. The Labute approximate surface area is 228 Å². The minimum Gasteiger partial charge on any atom is -0.380 e. The van der Waals surface area contributed by atoms with Gasteiger partial charge in [-0.05, 0) is 90.5 Å². The molecule has 0 aliphatic carbocycles. The second-order valence-electron chi connectivity index (χ2n) is 7.50. The van der Waals surface area contributed by atoms with Gasteiger partial charge in [-0.25, -0.2) is 0 Å². The van der Waals surface area contributed by atoms with E-state index in [9.17, 15) is 19.5 Å². The molecule has 182 valence electrons. The van der Waals surface area contributed by atoms with Crippen molar-refractivity contribution in [1.82, 2.24) is 0 Å². The SMILES string of the molecule is O=C(C(=O)c1ccc(Cl)cc1)c1ccc(Cl)cc1.O=C(c1ccc(Cl)cc1)C(O)c1ccc(Cl)cc1. The predicted molar refractivity (Wildman–Crippen MR) is 144 cm³/mol. The summed E-state index contributed by atoms with van der Waals surface area (Å²) in [5, 5.41) is 12.1. The third-order valence-electron chi connectivity index (χ3n) is 4.98. The molecule has 0 aliphatic heterocycles. The Kier molecular flexibility index (Phi) is 9.82. The predicted octanol–water partition coefficient (Wildman–Crippen LogP) is 7.97. The number of aliphatic hydroxyl groups is 1. The van der Waals surface area contributed by atoms with Gasteiger partial charge in [-0.1, -0.05) is 58.5 Å². The fourth-order valence-electron chi connectivity index (χ4n) is 3.03. The van der Waals surface area contributed by atoms with Gasteiger partial charge in [0, 0.05) is 36.8 Å². The van der Waals surface area contributed by atoms with Gasteiger partial charge in [0.15, 0.2) is 5.78 Å². The molecule has 4 rings (SSSR count). The van der Waals surface area contributed by atoms with Crippen molar-refractivity contribution in [3.05, 3.63) is 139 Å². The molecule has 0 saturated carbocycles. The third-order valence-corrected chi connectivity index (χ3v) is 5.99. The molecule has 4 aromatic rings. The van der Waals surface area contributed by atoms with Crippen molar-refractivity contribution in [3.8, 4) is 0 Å². The fourth-order valence-corrected chi connectivity index (χ4v) is 3.54. The lowest BCUT2D eigenvalue weighted by Crippen LogP contribution is -2.14. The van der Waals surface area contributed by atoms with E-state index in [-0.39, 0.29) is 5.78 Å². The highest BCUT2D eigenvalue weighted by atomic mass is 35.5. The summed E-state index contributed by atoms with van der Waals surface area (Å²) in [5.41, 5.74) is 1.57. The molecule has 0 radical (unpaired) electrons. The molecule has 1 N–H and O–H groups in total. The van der Waals surface area contributed by atoms with Crippen LogP contribution in [-0.2, 0) is 0 Å². The van der Waals surface area contributed by atoms with Gasteiger partial charge >= 0.3 is 0 Å². The number of carbonyl (C=O) groups excluding carboxylic acids is 3. The van der Waals surface area contributed by atoms with E-state index in [1.165, 1.54) is 24.3 Å². The largest absolute Gasteiger partial charge is 0.380 e. The lowest BCUT2D eigenvalue weighted by molar-refractivity contribution is 0.0747. The molecule has 36 heavy (non-hydrogen) atoms. The van der Waals surface area contributed by atoms with E-state index in [4.69, 9.17) is 46.4 Å². The molecule has 0 spiro atoms. The molecule has 1 unspecified atom stereocenters. The first-order valence-electron chi connectivity index (χ1n) is 10.5. The molecule has 0 aliphatic rings. The smallest absolute Gasteiger partial charge is 0.233 e. The first kappa shape index (κ1) is 27.6. The fraction of sp³-hybridized carbons (Fsp3) is 0.0357. The monoisotopic (exact) mass is 558 g/mol. The molecule has 0 fully saturated rings. The average Bonchev–Trinajstić information content (AvgIpc) is 2.89. The van der Waals surface area contributed by atoms with Crippen LogP contribution in [0.3, 0.4) is 0 Å². The molecular weight excluding hydrogens is 542 g/mol. The van der Waals surface area contributed by atoms with Crippen molar-refractivity contribution in [2.75, 3.05) is 0 Å². The maximum Gasteiger partial charge on any atom is 0.233 e. The summed E-state index contributed by atoms with van der Waals surface area (Å²) in [6, 6.07) is 25.3. The first-order valence-corrected chi connectivity index (χ1v) is 12.0. The molecule has 0 bridgehead atoms. The van der Waals surface area contributed by atoms with Crippen molar-refractivity contribution in [1.29, 1.82) is 0 Å². The Morgan fingerprint density at radius 2 is 0.750 bits per heavy atom. The van der Waals surface area contributed by atoms with E-state index in [2.05, 4.69) is 0 Å². The lowest BCUT2D eigenvalue weighted by Gasteiger charge is -2.10. The number of rotatable bonds is 6. The van der Waals surface area contributed by atoms with Crippen LogP contribution in [0.4, 0.5) is 0 Å². The molecule has 8 heteroatoms. The van der Waals surface area contributed by atoms with E-state index in [0.29, 0.717) is 42.3 Å². The van der Waals surface area contributed by atoms with Crippen LogP contribution in [-0.4, -0.2) is 22.5 Å². The summed E-state index contributed by atoms with van der Waals surface area (Å²) in [4.78, 5) is 35.8. The van der Waals surface area contributed by atoms with Crippen molar-refractivity contribution >= 4 is 63.8 Å². The highest BCUT2D eigenvalue weighted by Crippen LogP contribution is 2.21. The van der Waals surface area contributed by atoms with Gasteiger partial charge in [-0.3, -0.25) is 14.4 Å². The summed E-state index contributed by atoms with van der Waals surface area (Å²) < 4.78 is 0. The topological polar surface area (TPSA) is 71.4 Å². The van der Waals surface area contributed by atoms with Gasteiger partial charge < -0.3 is 5.11 Å². The van der Waals surface area contributed by atoms with Crippen molar-refractivity contribution < 1.29 is 19.5 Å². The maximum absolute atomic E-state index is 12.0. The number of ketones is 3. The van der Waals surface area contributed by atoms with Gasteiger partial charge in [0.2, 0.25) is 11.6 Å². The van der Waals surface area contributed by atoms with Gasteiger partial charge in [0.25, 0.3) is 0 Å². The lowest BCUT2D eigenvalue weighted by atomic mass is 10.0. The Bertz CT molecular complexity index is 1290. The van der Waals surface area contributed by atoms with Crippen molar-refractivity contribution in [3.63, 3.8) is 0 Å². The Morgan fingerprint density at radius 3 is 1.08 bits per heavy atom. The molecule has 4 nitrogen and oxygen atoms in total. The summed E-state index contributed by atoms with van der Waals surface area (Å²) in [5.74, 6) is -1.49. The zero-order valence-electron chi connectivity index (χ0n) is 18.5. The van der Waals surface area contributed by atoms with E-state index < -0.39 is 17.7 Å². The standard InChI is InChI=1S/C14H10Cl2O2.C14H8Cl2O2/c2*15-11-5-1-9(2-6-11)13(17)14(18)10-3-7-12(16)8-4-10/h1-8,13,17H;1-8H. The quantitative estimate of drug-likeness (QED) is 0.192. The van der Waals surface area contributed by atoms with Crippen LogP contribution < -0.4 is 0 Å². The van der Waals surface area contributed by atoms with Crippen LogP contribution in [0.15, 0.2) is 97.1 Å². The first-order chi connectivity index (χ1) is 17.2. The van der Waals surface area contributed by atoms with Crippen LogP contribution in [0, 0.1) is 0 Å². The number of Topliss-reactive ketones (excluding diaryl/α,β-unsaturated/α-hetero) is 3. The number of aliphatic hydroxyl groups excluding tert-OH is 1. The van der Waals surface area contributed by atoms with Crippen LogP contribution in [0.2, 0.25) is 20.1 Å². The Hall–Kier alpha value is -2.99. The van der Waals surface area contributed by atoms with Gasteiger partial charge in [-0.2, -0.15) is 0 Å². The number of hydrogen-bond donors (Lipinski definition) is 1. The van der Waals surface area contributed by atoms with Crippen molar-refractivity contribution in [2.24, 2.45) is 0 Å². The molecule has 0 aromatic heterocycles. The normalized spacial score (nSPS) is 11.1. The minimum atomic E-state index is -1.19. The van der Waals surface area contributed by atoms with Crippen LogP contribution in [0.5, 0.6) is 0 Å². The Morgan fingerprint density at radius 1 is 0.472 bits per heavy atom. The molecule has 1 atom stereocenters. The van der Waals surface area contributed by atoms with E-state index in [1.807, 2.05) is 0 Å². The number of halogens is 4. The maximum atomic E-state index is 12.0. The molecule has 4 aromatic carbocycles. The summed E-state index contributed by atoms with van der Waals surface area (Å²) in [7, 11) is 0. The van der Waals surface area contributed by atoms with Crippen LogP contribution >= 0.6 is 46.4 Å². The summed E-state index contributed by atoms with van der Waals surface area (Å²) >= 11 is 22.9. The summed E-state index contributed by atoms with van der Waals surface area (Å²) in [6.45, 7) is 0. The number of hydrogen-bond acceptors (Lipinski definition) is 4. The highest BCUT2D eigenvalue weighted by molar-refractivity contribution is 6.49. The minimum absolute atomic E-state index is 0.319. The summed E-state index contributed by atoms with van der Waals surface area (Å²) in [6.07, 6.45) is -1.19. The van der Waals surface area contributed by atoms with Crippen LogP contribution in [0.25, 0.3) is 0 Å². The number of carbonyl (C=O) groups is 3. The van der Waals surface area contributed by atoms with Gasteiger partial charge in [0.05, 0.1) is 0 Å². The van der Waals surface area contributed by atoms with E-state index >= 15 is 0 Å². The van der Waals surface area contributed by atoms with E-state index in [0.717, 1.165) is 0 Å².